The molecular formula is C24H24FN3O3S. The monoisotopic (exact) mass is 453 g/mol. The molecular weight excluding hydrogens is 429 g/mol. The summed E-state index contributed by atoms with van der Waals surface area (Å²) in [6.45, 7) is 1.44. The molecule has 1 amide bonds. The number of nitrogens with one attached hydrogen (secondary N) is 2. The number of halogens is 1. The third kappa shape index (κ3) is 5.08. The number of nitrogens with zero attached hydrogens (tertiary/aromatic N) is 1. The molecule has 0 spiro atoms. The van der Waals surface area contributed by atoms with E-state index in [4.69, 9.17) is 0 Å². The van der Waals surface area contributed by atoms with Crippen molar-refractivity contribution in [2.24, 2.45) is 0 Å². The highest BCUT2D eigenvalue weighted by Crippen LogP contribution is 2.25. The minimum absolute atomic E-state index is 0.186. The van der Waals surface area contributed by atoms with Gasteiger partial charge in [-0.05, 0) is 61.4 Å². The van der Waals surface area contributed by atoms with Crippen molar-refractivity contribution in [1.82, 2.24) is 5.32 Å². The number of hydrogen-bond acceptors (Lipinski definition) is 4. The lowest BCUT2D eigenvalue weighted by Gasteiger charge is -2.27. The lowest BCUT2D eigenvalue weighted by Crippen LogP contribution is -2.40. The zero-order chi connectivity index (χ0) is 22.6. The van der Waals surface area contributed by atoms with Crippen molar-refractivity contribution in [2.75, 3.05) is 22.7 Å². The molecule has 0 aromatic heterocycles. The van der Waals surface area contributed by atoms with Gasteiger partial charge < -0.3 is 10.2 Å². The number of anilines is 2. The molecule has 1 fully saturated rings. The molecule has 0 bridgehead atoms. The fourth-order valence-corrected chi connectivity index (χ4v) is 4.97. The smallest absolute Gasteiger partial charge is 0.261 e. The van der Waals surface area contributed by atoms with Gasteiger partial charge in [0, 0.05) is 36.1 Å². The van der Waals surface area contributed by atoms with Gasteiger partial charge in [0.1, 0.15) is 5.82 Å². The van der Waals surface area contributed by atoms with E-state index in [1.165, 1.54) is 24.3 Å². The van der Waals surface area contributed by atoms with Crippen LogP contribution in [0.3, 0.4) is 0 Å². The molecule has 1 atom stereocenters. The van der Waals surface area contributed by atoms with Crippen molar-refractivity contribution in [3.05, 3.63) is 90.2 Å². The second-order valence-electron chi connectivity index (χ2n) is 7.68. The topological polar surface area (TPSA) is 78.5 Å². The van der Waals surface area contributed by atoms with Crippen LogP contribution in [-0.2, 0) is 10.0 Å². The normalized spacial score (nSPS) is 16.0. The molecule has 4 rings (SSSR count). The summed E-state index contributed by atoms with van der Waals surface area (Å²) in [5.41, 5.74) is 1.71. The third-order valence-electron chi connectivity index (χ3n) is 5.45. The number of benzene rings is 3. The second kappa shape index (κ2) is 9.40. The molecule has 0 radical (unpaired) electrons. The predicted octanol–water partition coefficient (Wildman–Crippen LogP) is 4.03. The average molecular weight is 454 g/mol. The SMILES string of the molecule is O=C(NCC1CCCN1c1ccccc1)c1cccc(NS(=O)(=O)c2cccc(F)c2)c1. The molecule has 2 N–H and O–H groups in total. The number of hydrogen-bond donors (Lipinski definition) is 2. The predicted molar refractivity (Wildman–Crippen MR) is 123 cm³/mol. The zero-order valence-electron chi connectivity index (χ0n) is 17.4. The van der Waals surface area contributed by atoms with Gasteiger partial charge in [0.2, 0.25) is 0 Å². The van der Waals surface area contributed by atoms with Crippen molar-refractivity contribution in [1.29, 1.82) is 0 Å². The summed E-state index contributed by atoms with van der Waals surface area (Å²) in [5.74, 6) is -0.922. The highest BCUT2D eigenvalue weighted by molar-refractivity contribution is 7.92. The van der Waals surface area contributed by atoms with Crippen molar-refractivity contribution < 1.29 is 17.6 Å². The Bertz CT molecular complexity index is 1200. The van der Waals surface area contributed by atoms with E-state index in [-0.39, 0.29) is 22.5 Å². The lowest BCUT2D eigenvalue weighted by molar-refractivity contribution is 0.0951. The van der Waals surface area contributed by atoms with Crippen LogP contribution in [0.25, 0.3) is 0 Å². The number of carbonyl (C=O) groups is 1. The Labute approximate surface area is 187 Å². The van der Waals surface area contributed by atoms with Crippen molar-refractivity contribution >= 4 is 27.3 Å². The van der Waals surface area contributed by atoms with Crippen LogP contribution >= 0.6 is 0 Å². The van der Waals surface area contributed by atoms with Crippen molar-refractivity contribution in [2.45, 2.75) is 23.8 Å². The Morgan fingerprint density at radius 1 is 1.00 bits per heavy atom. The van der Waals surface area contributed by atoms with E-state index >= 15 is 0 Å². The summed E-state index contributed by atoms with van der Waals surface area (Å²) in [5, 5.41) is 2.96. The first-order chi connectivity index (χ1) is 15.4. The van der Waals surface area contributed by atoms with Crippen LogP contribution in [0.15, 0.2) is 83.8 Å². The third-order valence-corrected chi connectivity index (χ3v) is 6.83. The van der Waals surface area contributed by atoms with E-state index in [0.29, 0.717) is 12.1 Å². The van der Waals surface area contributed by atoms with Gasteiger partial charge in [-0.25, -0.2) is 12.8 Å². The number of carbonyl (C=O) groups excluding carboxylic acids is 1. The molecule has 3 aromatic rings. The maximum Gasteiger partial charge on any atom is 0.261 e. The van der Waals surface area contributed by atoms with Gasteiger partial charge in [0.05, 0.1) is 4.90 Å². The second-order valence-corrected chi connectivity index (χ2v) is 9.36. The molecule has 6 nitrogen and oxygen atoms in total. The van der Waals surface area contributed by atoms with Gasteiger partial charge in [-0.15, -0.1) is 0 Å². The minimum Gasteiger partial charge on any atom is -0.367 e. The van der Waals surface area contributed by atoms with Crippen LogP contribution in [-0.4, -0.2) is 33.5 Å². The fourth-order valence-electron chi connectivity index (χ4n) is 3.89. The van der Waals surface area contributed by atoms with Gasteiger partial charge in [-0.3, -0.25) is 9.52 Å². The number of sulfonamides is 1. The summed E-state index contributed by atoms with van der Waals surface area (Å²) in [7, 11) is -3.97. The quantitative estimate of drug-likeness (QED) is 0.566. The molecule has 1 heterocycles. The van der Waals surface area contributed by atoms with Gasteiger partial charge in [-0.1, -0.05) is 30.3 Å². The molecule has 1 saturated heterocycles. The van der Waals surface area contributed by atoms with E-state index in [1.807, 2.05) is 18.2 Å². The highest BCUT2D eigenvalue weighted by atomic mass is 32.2. The van der Waals surface area contributed by atoms with Crippen molar-refractivity contribution in [3.63, 3.8) is 0 Å². The Balaban J connectivity index is 1.41. The molecule has 0 aliphatic carbocycles. The van der Waals surface area contributed by atoms with Crippen LogP contribution in [0.5, 0.6) is 0 Å². The maximum atomic E-state index is 13.4. The van der Waals surface area contributed by atoms with Gasteiger partial charge in [-0.2, -0.15) is 0 Å². The van der Waals surface area contributed by atoms with E-state index < -0.39 is 15.8 Å². The zero-order valence-corrected chi connectivity index (χ0v) is 18.2. The number of rotatable bonds is 7. The molecule has 1 unspecified atom stereocenters. The first-order valence-corrected chi connectivity index (χ1v) is 11.9. The van der Waals surface area contributed by atoms with Gasteiger partial charge in [0.25, 0.3) is 15.9 Å². The Morgan fingerprint density at radius 3 is 2.56 bits per heavy atom. The first kappa shape index (κ1) is 21.8. The van der Waals surface area contributed by atoms with E-state index in [9.17, 15) is 17.6 Å². The van der Waals surface area contributed by atoms with Crippen LogP contribution in [0.4, 0.5) is 15.8 Å². The first-order valence-electron chi connectivity index (χ1n) is 10.4. The van der Waals surface area contributed by atoms with Crippen LogP contribution in [0.1, 0.15) is 23.2 Å². The average Bonchev–Trinajstić information content (AvgIpc) is 3.27. The molecule has 1 aliphatic heterocycles. The summed E-state index contributed by atoms with van der Waals surface area (Å²) >= 11 is 0. The molecule has 8 heteroatoms. The highest BCUT2D eigenvalue weighted by Gasteiger charge is 2.25. The standard InChI is InChI=1S/C24H24FN3O3S/c25-19-8-5-13-23(16-19)32(30,31)27-20-9-4-7-18(15-20)24(29)26-17-22-12-6-14-28(22)21-10-2-1-3-11-21/h1-5,7-11,13,15-16,22,27H,6,12,14,17H2,(H,26,29). The van der Waals surface area contributed by atoms with Crippen LogP contribution < -0.4 is 14.9 Å². The maximum absolute atomic E-state index is 13.4. The van der Waals surface area contributed by atoms with E-state index in [1.54, 1.807) is 18.2 Å². The van der Waals surface area contributed by atoms with Gasteiger partial charge >= 0.3 is 0 Å². The summed E-state index contributed by atoms with van der Waals surface area (Å²) in [6, 6.07) is 21.3. The molecule has 166 valence electrons. The van der Waals surface area contributed by atoms with E-state index in [0.717, 1.165) is 31.1 Å². The van der Waals surface area contributed by atoms with Crippen LogP contribution in [0.2, 0.25) is 0 Å². The van der Waals surface area contributed by atoms with Crippen molar-refractivity contribution in [3.8, 4) is 0 Å². The number of para-hydroxylation sites is 1. The molecule has 3 aromatic carbocycles. The summed E-state index contributed by atoms with van der Waals surface area (Å²) in [6.07, 6.45) is 2.05. The lowest BCUT2D eigenvalue weighted by atomic mass is 10.1. The Morgan fingerprint density at radius 2 is 1.78 bits per heavy atom. The van der Waals surface area contributed by atoms with Crippen LogP contribution in [0, 0.1) is 5.82 Å². The van der Waals surface area contributed by atoms with Gasteiger partial charge in [0.15, 0.2) is 0 Å². The summed E-state index contributed by atoms with van der Waals surface area (Å²) < 4.78 is 40.8. The molecule has 32 heavy (non-hydrogen) atoms. The number of amides is 1. The molecule has 0 saturated carbocycles. The Kier molecular flexibility index (Phi) is 6.41. The molecule has 1 aliphatic rings. The Hall–Kier alpha value is -3.39. The summed E-state index contributed by atoms with van der Waals surface area (Å²) in [4.78, 5) is 14.8. The van der Waals surface area contributed by atoms with E-state index in [2.05, 4.69) is 27.1 Å². The largest absolute Gasteiger partial charge is 0.367 e. The minimum atomic E-state index is -3.97. The fraction of sp³-hybridized carbons (Fsp3) is 0.208.